The number of benzene rings is 2. The summed E-state index contributed by atoms with van der Waals surface area (Å²) in [6.45, 7) is 0. The summed E-state index contributed by atoms with van der Waals surface area (Å²) in [7, 11) is 1.54. The summed E-state index contributed by atoms with van der Waals surface area (Å²) in [4.78, 5) is 30.5. The molecule has 5 nitrogen and oxygen atoms in total. The number of hydrogen-bond donors (Lipinski definition) is 0. The van der Waals surface area contributed by atoms with E-state index < -0.39 is 0 Å². The topological polar surface area (TPSA) is 59.5 Å². The molecule has 2 heterocycles. The Bertz CT molecular complexity index is 930. The number of aromatic nitrogens is 1. The van der Waals surface area contributed by atoms with Crippen LogP contribution >= 0.6 is 0 Å². The normalized spacial score (nSPS) is 13.5. The van der Waals surface area contributed by atoms with Crippen molar-refractivity contribution in [1.82, 2.24) is 4.98 Å². The number of anilines is 1. The van der Waals surface area contributed by atoms with Crippen LogP contribution < -0.4 is 9.64 Å². The number of fused-ring (bicyclic) bond motifs is 2. The second-order valence-electron chi connectivity index (χ2n) is 5.22. The molecule has 0 unspecified atom stereocenters. The van der Waals surface area contributed by atoms with Crippen LogP contribution in [0.5, 0.6) is 5.88 Å². The first-order valence-electron chi connectivity index (χ1n) is 7.11. The van der Waals surface area contributed by atoms with Gasteiger partial charge in [-0.15, -0.1) is 0 Å². The van der Waals surface area contributed by atoms with Gasteiger partial charge in [-0.3, -0.25) is 9.59 Å². The zero-order valence-electron chi connectivity index (χ0n) is 12.3. The van der Waals surface area contributed by atoms with Crippen molar-refractivity contribution in [2.75, 3.05) is 12.0 Å². The molecule has 0 aliphatic carbocycles. The predicted octanol–water partition coefficient (Wildman–Crippen LogP) is 3.04. The summed E-state index contributed by atoms with van der Waals surface area (Å²) in [5.74, 6) is -0.165. The molecule has 2 aromatic carbocycles. The van der Waals surface area contributed by atoms with E-state index in [-0.39, 0.29) is 11.8 Å². The number of carbonyl (C=O) groups excluding carboxylic acids is 2. The highest BCUT2D eigenvalue weighted by molar-refractivity contribution is 6.34. The Kier molecular flexibility index (Phi) is 2.87. The van der Waals surface area contributed by atoms with E-state index in [0.29, 0.717) is 22.7 Å². The van der Waals surface area contributed by atoms with Gasteiger partial charge in [0.15, 0.2) is 0 Å². The third-order valence-corrected chi connectivity index (χ3v) is 3.96. The lowest BCUT2D eigenvalue weighted by Crippen LogP contribution is -2.29. The molecular weight excluding hydrogens is 292 g/mol. The molecule has 1 aliphatic rings. The summed E-state index contributed by atoms with van der Waals surface area (Å²) >= 11 is 0. The second-order valence-corrected chi connectivity index (χ2v) is 5.22. The summed E-state index contributed by atoms with van der Waals surface area (Å²) in [6.07, 6.45) is 1.66. The Hall–Kier alpha value is -3.21. The fourth-order valence-electron chi connectivity index (χ4n) is 2.86. The van der Waals surface area contributed by atoms with E-state index in [1.807, 2.05) is 12.1 Å². The number of amides is 2. The van der Waals surface area contributed by atoms with Crippen molar-refractivity contribution < 1.29 is 14.3 Å². The number of rotatable bonds is 2. The van der Waals surface area contributed by atoms with Gasteiger partial charge in [-0.25, -0.2) is 9.88 Å². The predicted molar refractivity (Wildman–Crippen MR) is 85.9 cm³/mol. The largest absolute Gasteiger partial charge is 0.481 e. The van der Waals surface area contributed by atoms with Gasteiger partial charge in [-0.05, 0) is 35.7 Å². The third kappa shape index (κ3) is 1.90. The van der Waals surface area contributed by atoms with Crippen molar-refractivity contribution >= 4 is 28.3 Å². The average molecular weight is 304 g/mol. The second kappa shape index (κ2) is 4.91. The number of nitrogens with zero attached hydrogens (tertiary/aromatic N) is 2. The first-order chi connectivity index (χ1) is 11.2. The standard InChI is InChI=1S/C18H12N2O3/c1-23-16-15-10-12(7-6-11(15)8-9-19-16)20-17(21)13-4-2-3-5-14(13)18(20)22/h2-10H,1H3. The van der Waals surface area contributed by atoms with E-state index in [2.05, 4.69) is 4.98 Å². The molecule has 0 fully saturated rings. The van der Waals surface area contributed by atoms with Gasteiger partial charge in [-0.2, -0.15) is 0 Å². The molecule has 112 valence electrons. The van der Waals surface area contributed by atoms with E-state index in [1.54, 1.807) is 42.6 Å². The number of hydrogen-bond acceptors (Lipinski definition) is 4. The minimum Gasteiger partial charge on any atom is -0.481 e. The number of ether oxygens (including phenoxy) is 1. The lowest BCUT2D eigenvalue weighted by molar-refractivity contribution is 0.0926. The molecule has 0 saturated carbocycles. The lowest BCUT2D eigenvalue weighted by atomic mass is 10.1. The SMILES string of the molecule is COc1nccc2ccc(N3C(=O)c4ccccc4C3=O)cc12. The zero-order chi connectivity index (χ0) is 16.0. The first kappa shape index (κ1) is 13.5. The Balaban J connectivity index is 1.88. The molecule has 2 amide bonds. The van der Waals surface area contributed by atoms with Gasteiger partial charge in [0.1, 0.15) is 0 Å². The molecule has 1 aromatic heterocycles. The van der Waals surface area contributed by atoms with E-state index in [4.69, 9.17) is 4.74 Å². The highest BCUT2D eigenvalue weighted by atomic mass is 16.5. The smallest absolute Gasteiger partial charge is 0.266 e. The maximum absolute atomic E-state index is 12.6. The molecule has 0 bridgehead atoms. The van der Waals surface area contributed by atoms with Gasteiger partial charge in [0, 0.05) is 11.6 Å². The minimum absolute atomic E-state index is 0.312. The fraction of sp³-hybridized carbons (Fsp3) is 0.0556. The fourth-order valence-corrected chi connectivity index (χ4v) is 2.86. The Morgan fingerprint density at radius 2 is 1.65 bits per heavy atom. The summed E-state index contributed by atoms with van der Waals surface area (Å²) in [5, 5.41) is 1.68. The van der Waals surface area contributed by atoms with Crippen molar-refractivity contribution in [3.05, 3.63) is 65.9 Å². The molecule has 23 heavy (non-hydrogen) atoms. The van der Waals surface area contributed by atoms with Crippen LogP contribution in [0.15, 0.2) is 54.7 Å². The van der Waals surface area contributed by atoms with E-state index in [9.17, 15) is 9.59 Å². The molecule has 4 rings (SSSR count). The van der Waals surface area contributed by atoms with Gasteiger partial charge < -0.3 is 4.74 Å². The monoisotopic (exact) mass is 304 g/mol. The van der Waals surface area contributed by atoms with E-state index in [0.717, 1.165) is 10.8 Å². The van der Waals surface area contributed by atoms with Crippen molar-refractivity contribution in [3.63, 3.8) is 0 Å². The van der Waals surface area contributed by atoms with Gasteiger partial charge >= 0.3 is 0 Å². The first-order valence-corrected chi connectivity index (χ1v) is 7.11. The Morgan fingerprint density at radius 3 is 2.30 bits per heavy atom. The van der Waals surface area contributed by atoms with Gasteiger partial charge in [0.05, 0.1) is 23.9 Å². The van der Waals surface area contributed by atoms with E-state index in [1.165, 1.54) is 12.0 Å². The number of pyridine rings is 1. The maximum Gasteiger partial charge on any atom is 0.266 e. The number of methoxy groups -OCH3 is 1. The molecule has 0 N–H and O–H groups in total. The van der Waals surface area contributed by atoms with Gasteiger partial charge in [0.2, 0.25) is 5.88 Å². The van der Waals surface area contributed by atoms with Crippen molar-refractivity contribution in [1.29, 1.82) is 0 Å². The van der Waals surface area contributed by atoms with Crippen molar-refractivity contribution in [2.45, 2.75) is 0 Å². The van der Waals surface area contributed by atoms with Crippen molar-refractivity contribution in [3.8, 4) is 5.88 Å². The highest BCUT2D eigenvalue weighted by Crippen LogP contribution is 2.32. The third-order valence-electron chi connectivity index (χ3n) is 3.96. The van der Waals surface area contributed by atoms with Crippen LogP contribution in [0.25, 0.3) is 10.8 Å². The molecule has 0 radical (unpaired) electrons. The van der Waals surface area contributed by atoms with Gasteiger partial charge in [-0.1, -0.05) is 18.2 Å². The summed E-state index contributed by atoms with van der Waals surface area (Å²) in [6, 6.07) is 14.0. The average Bonchev–Trinajstić information content (AvgIpc) is 2.85. The molecule has 3 aromatic rings. The maximum atomic E-state index is 12.6. The van der Waals surface area contributed by atoms with Crippen LogP contribution in [-0.4, -0.2) is 23.9 Å². The van der Waals surface area contributed by atoms with Crippen LogP contribution in [0.4, 0.5) is 5.69 Å². The number of carbonyl (C=O) groups is 2. The quantitative estimate of drug-likeness (QED) is 0.683. The Morgan fingerprint density at radius 1 is 0.957 bits per heavy atom. The zero-order valence-corrected chi connectivity index (χ0v) is 12.3. The lowest BCUT2D eigenvalue weighted by Gasteiger charge is -2.15. The number of imide groups is 1. The minimum atomic E-state index is -0.312. The summed E-state index contributed by atoms with van der Waals surface area (Å²) in [5.41, 5.74) is 1.36. The molecule has 0 atom stereocenters. The highest BCUT2D eigenvalue weighted by Gasteiger charge is 2.36. The van der Waals surface area contributed by atoms with Crippen LogP contribution in [0.3, 0.4) is 0 Å². The van der Waals surface area contributed by atoms with Crippen molar-refractivity contribution in [2.24, 2.45) is 0 Å². The van der Waals surface area contributed by atoms with Gasteiger partial charge in [0.25, 0.3) is 11.8 Å². The molecular formula is C18H12N2O3. The summed E-state index contributed by atoms with van der Waals surface area (Å²) < 4.78 is 5.26. The van der Waals surface area contributed by atoms with E-state index >= 15 is 0 Å². The van der Waals surface area contributed by atoms with Crippen LogP contribution in [0.1, 0.15) is 20.7 Å². The molecule has 0 saturated heterocycles. The van der Waals surface area contributed by atoms with Crippen LogP contribution in [0.2, 0.25) is 0 Å². The van der Waals surface area contributed by atoms with Crippen LogP contribution in [0, 0.1) is 0 Å². The van der Waals surface area contributed by atoms with Crippen LogP contribution in [-0.2, 0) is 0 Å². The molecule has 5 heteroatoms. The molecule has 1 aliphatic heterocycles. The Labute approximate surface area is 132 Å². The molecule has 0 spiro atoms.